The van der Waals surface area contributed by atoms with Gasteiger partial charge in [0.15, 0.2) is 0 Å². The lowest BCUT2D eigenvalue weighted by molar-refractivity contribution is -0.0121. The lowest BCUT2D eigenvalue weighted by atomic mass is 9.89. The standard InChI is InChI=1S/C21H23BrN4O2/c22-19-10-16(11-23)6-7-18(19)21(9-8-17-13-24-14-26(17)21)28-20(27)25-12-15-4-2-1-3-5-15/h6-7,10,13-15H,1-5,8-9,12H2,(H,25,27). The van der Waals surface area contributed by atoms with Gasteiger partial charge in [0, 0.05) is 34.9 Å². The van der Waals surface area contributed by atoms with Gasteiger partial charge in [-0.25, -0.2) is 9.78 Å². The number of aromatic nitrogens is 2. The van der Waals surface area contributed by atoms with Crippen LogP contribution >= 0.6 is 15.9 Å². The van der Waals surface area contributed by atoms with Gasteiger partial charge in [-0.3, -0.25) is 4.57 Å². The molecule has 0 bridgehead atoms. The molecule has 146 valence electrons. The van der Waals surface area contributed by atoms with E-state index in [2.05, 4.69) is 32.3 Å². The third-order valence-electron chi connectivity index (χ3n) is 5.86. The first-order chi connectivity index (χ1) is 13.6. The van der Waals surface area contributed by atoms with Gasteiger partial charge in [-0.15, -0.1) is 0 Å². The number of hydrogen-bond donors (Lipinski definition) is 1. The minimum absolute atomic E-state index is 0.414. The molecule has 0 radical (unpaired) electrons. The molecule has 4 rings (SSSR count). The predicted molar refractivity (Wildman–Crippen MR) is 108 cm³/mol. The van der Waals surface area contributed by atoms with Crippen molar-refractivity contribution < 1.29 is 9.53 Å². The molecular formula is C21H23BrN4O2. The van der Waals surface area contributed by atoms with Crippen molar-refractivity contribution >= 4 is 22.0 Å². The molecule has 1 aromatic heterocycles. The van der Waals surface area contributed by atoms with Crippen molar-refractivity contribution in [2.45, 2.75) is 50.7 Å². The van der Waals surface area contributed by atoms with Crippen LogP contribution in [0.3, 0.4) is 0 Å². The summed E-state index contributed by atoms with van der Waals surface area (Å²) in [6.45, 7) is 0.653. The molecule has 7 heteroatoms. The van der Waals surface area contributed by atoms with Crippen LogP contribution in [0.5, 0.6) is 0 Å². The second-order valence-corrected chi connectivity index (χ2v) is 8.47. The number of ether oxygens (including phenoxy) is 1. The summed E-state index contributed by atoms with van der Waals surface area (Å²) in [5, 5.41) is 12.1. The molecule has 28 heavy (non-hydrogen) atoms. The number of carbonyl (C=O) groups is 1. The molecule has 2 aromatic rings. The normalized spacial score (nSPS) is 21.7. The number of alkyl carbamates (subject to hydrolysis) is 1. The molecule has 1 unspecified atom stereocenters. The second kappa shape index (κ2) is 7.96. The average molecular weight is 443 g/mol. The van der Waals surface area contributed by atoms with Gasteiger partial charge in [-0.1, -0.05) is 41.3 Å². The Morgan fingerprint density at radius 3 is 2.96 bits per heavy atom. The van der Waals surface area contributed by atoms with Gasteiger partial charge in [0.05, 0.1) is 18.0 Å². The molecule has 1 aliphatic heterocycles. The molecule has 1 fully saturated rings. The number of benzene rings is 1. The van der Waals surface area contributed by atoms with Crippen molar-refractivity contribution in [3.05, 3.63) is 52.0 Å². The number of carbonyl (C=O) groups excluding carboxylic acids is 1. The molecule has 1 aliphatic carbocycles. The van der Waals surface area contributed by atoms with Crippen molar-refractivity contribution in [2.75, 3.05) is 6.54 Å². The van der Waals surface area contributed by atoms with E-state index in [9.17, 15) is 4.79 Å². The van der Waals surface area contributed by atoms with E-state index in [1.54, 1.807) is 18.5 Å². The van der Waals surface area contributed by atoms with E-state index in [1.165, 1.54) is 19.3 Å². The van der Waals surface area contributed by atoms with Crippen LogP contribution in [0.2, 0.25) is 0 Å². The van der Waals surface area contributed by atoms with Gasteiger partial charge in [0.1, 0.15) is 0 Å². The molecular weight excluding hydrogens is 420 g/mol. The number of hydrogen-bond acceptors (Lipinski definition) is 4. The summed E-state index contributed by atoms with van der Waals surface area (Å²) in [6.07, 6.45) is 10.6. The van der Waals surface area contributed by atoms with Gasteiger partial charge < -0.3 is 10.1 Å². The smallest absolute Gasteiger partial charge is 0.409 e. The van der Waals surface area contributed by atoms with Gasteiger partial charge in [-0.05, 0) is 37.3 Å². The van der Waals surface area contributed by atoms with Gasteiger partial charge >= 0.3 is 6.09 Å². The fourth-order valence-corrected chi connectivity index (χ4v) is 5.07. The Bertz CT molecular complexity index is 913. The van der Waals surface area contributed by atoms with E-state index in [4.69, 9.17) is 10.00 Å². The highest BCUT2D eigenvalue weighted by Crippen LogP contribution is 2.42. The molecule has 1 saturated carbocycles. The second-order valence-electron chi connectivity index (χ2n) is 7.62. The number of fused-ring (bicyclic) bond motifs is 1. The summed E-state index contributed by atoms with van der Waals surface area (Å²) in [5.41, 5.74) is 1.43. The largest absolute Gasteiger partial charge is 0.418 e. The van der Waals surface area contributed by atoms with Crippen molar-refractivity contribution in [1.82, 2.24) is 14.9 Å². The summed E-state index contributed by atoms with van der Waals surface area (Å²) in [4.78, 5) is 17.0. The van der Waals surface area contributed by atoms with Crippen LogP contribution in [-0.2, 0) is 16.9 Å². The number of nitrogens with zero attached hydrogens (tertiary/aromatic N) is 3. The molecule has 1 N–H and O–H groups in total. The van der Waals surface area contributed by atoms with E-state index in [1.807, 2.05) is 16.8 Å². The first-order valence-electron chi connectivity index (χ1n) is 9.81. The van der Waals surface area contributed by atoms with E-state index in [-0.39, 0.29) is 0 Å². The first kappa shape index (κ1) is 19.0. The van der Waals surface area contributed by atoms with E-state index in [0.29, 0.717) is 24.4 Å². The Labute approximate surface area is 173 Å². The maximum absolute atomic E-state index is 12.8. The molecule has 0 saturated heterocycles. The maximum Gasteiger partial charge on any atom is 0.409 e. The lowest BCUT2D eigenvalue weighted by Crippen LogP contribution is -2.42. The van der Waals surface area contributed by atoms with E-state index >= 15 is 0 Å². The van der Waals surface area contributed by atoms with Crippen LogP contribution in [-0.4, -0.2) is 22.2 Å². The van der Waals surface area contributed by atoms with Crippen LogP contribution in [0.25, 0.3) is 0 Å². The summed E-state index contributed by atoms with van der Waals surface area (Å²) < 4.78 is 8.75. The Morgan fingerprint density at radius 1 is 1.39 bits per heavy atom. The van der Waals surface area contributed by atoms with Crippen molar-refractivity contribution in [3.63, 3.8) is 0 Å². The molecule has 6 nitrogen and oxygen atoms in total. The maximum atomic E-state index is 12.8. The highest BCUT2D eigenvalue weighted by atomic mass is 79.9. The number of amides is 1. The molecule has 1 amide bonds. The Kier molecular flexibility index (Phi) is 5.40. The SMILES string of the molecule is N#Cc1ccc(C2(OC(=O)NCC3CCCCC3)CCc3cncn32)c(Br)c1. The fraction of sp³-hybridized carbons (Fsp3) is 0.476. The van der Waals surface area contributed by atoms with Crippen LogP contribution in [0.15, 0.2) is 35.2 Å². The topological polar surface area (TPSA) is 79.9 Å². The molecule has 0 spiro atoms. The number of halogens is 1. The third kappa shape index (κ3) is 3.53. The first-order valence-corrected chi connectivity index (χ1v) is 10.6. The number of nitriles is 1. The summed E-state index contributed by atoms with van der Waals surface area (Å²) >= 11 is 3.57. The van der Waals surface area contributed by atoms with Gasteiger partial charge in [0.2, 0.25) is 5.72 Å². The number of rotatable bonds is 4. The zero-order chi connectivity index (χ0) is 19.6. The predicted octanol–water partition coefficient (Wildman–Crippen LogP) is 4.47. The average Bonchev–Trinajstić information content (AvgIpc) is 3.31. The van der Waals surface area contributed by atoms with Crippen LogP contribution in [0, 0.1) is 17.2 Å². The van der Waals surface area contributed by atoms with Crippen LogP contribution in [0.1, 0.15) is 55.3 Å². The summed E-state index contributed by atoms with van der Waals surface area (Å²) in [5.74, 6) is 0.534. The Morgan fingerprint density at radius 2 is 2.21 bits per heavy atom. The summed E-state index contributed by atoms with van der Waals surface area (Å²) in [7, 11) is 0. The van der Waals surface area contributed by atoms with E-state index in [0.717, 1.165) is 35.0 Å². The van der Waals surface area contributed by atoms with E-state index < -0.39 is 11.8 Å². The van der Waals surface area contributed by atoms with Crippen molar-refractivity contribution in [2.24, 2.45) is 5.92 Å². The van der Waals surface area contributed by atoms with Crippen LogP contribution in [0.4, 0.5) is 4.79 Å². The molecule has 2 aliphatic rings. The lowest BCUT2D eigenvalue weighted by Gasteiger charge is -2.33. The van der Waals surface area contributed by atoms with Crippen molar-refractivity contribution in [1.29, 1.82) is 5.26 Å². The Hall–Kier alpha value is -2.33. The number of imidazole rings is 1. The highest BCUT2D eigenvalue weighted by Gasteiger charge is 2.45. The zero-order valence-electron chi connectivity index (χ0n) is 15.7. The quantitative estimate of drug-likeness (QED) is 0.756. The Balaban J connectivity index is 1.59. The fourth-order valence-electron chi connectivity index (χ4n) is 4.38. The monoisotopic (exact) mass is 442 g/mol. The number of nitrogens with one attached hydrogen (secondary N) is 1. The minimum Gasteiger partial charge on any atom is -0.418 e. The van der Waals surface area contributed by atoms with Gasteiger partial charge in [-0.2, -0.15) is 5.26 Å². The highest BCUT2D eigenvalue weighted by molar-refractivity contribution is 9.10. The summed E-state index contributed by atoms with van der Waals surface area (Å²) in [6, 6.07) is 7.50. The number of aryl methyl sites for hydroxylation is 1. The third-order valence-corrected chi connectivity index (χ3v) is 6.52. The molecule has 2 heterocycles. The van der Waals surface area contributed by atoms with Gasteiger partial charge in [0.25, 0.3) is 0 Å². The zero-order valence-corrected chi connectivity index (χ0v) is 17.2. The molecule has 1 aromatic carbocycles. The molecule has 1 atom stereocenters. The minimum atomic E-state index is -0.963. The van der Waals surface area contributed by atoms with Crippen LogP contribution < -0.4 is 5.32 Å². The van der Waals surface area contributed by atoms with Crippen molar-refractivity contribution in [3.8, 4) is 6.07 Å².